The summed E-state index contributed by atoms with van der Waals surface area (Å²) in [7, 11) is 3.97. The molecule has 2 N–H and O–H groups in total. The van der Waals surface area contributed by atoms with Gasteiger partial charge in [0.25, 0.3) is 0 Å². The van der Waals surface area contributed by atoms with E-state index in [1.165, 1.54) is 18.5 Å². The Bertz CT molecular complexity index is 674. The zero-order valence-corrected chi connectivity index (χ0v) is 14.2. The average Bonchev–Trinajstić information content (AvgIpc) is 3.10. The monoisotopic (exact) mass is 324 g/mol. The summed E-state index contributed by atoms with van der Waals surface area (Å²) < 4.78 is 0. The van der Waals surface area contributed by atoms with Gasteiger partial charge in [0.05, 0.1) is 0 Å². The van der Waals surface area contributed by atoms with Gasteiger partial charge >= 0.3 is 6.03 Å². The molecule has 2 aromatic carbocycles. The largest absolute Gasteiger partial charge is 0.378 e. The van der Waals surface area contributed by atoms with Crippen LogP contribution < -0.4 is 20.4 Å². The first-order valence-electron chi connectivity index (χ1n) is 8.32. The van der Waals surface area contributed by atoms with Crippen molar-refractivity contribution in [2.75, 3.05) is 47.6 Å². The number of carbonyl (C=O) groups is 1. The summed E-state index contributed by atoms with van der Waals surface area (Å²) in [5, 5.41) is 5.71. The average molecular weight is 324 g/mol. The van der Waals surface area contributed by atoms with Crippen molar-refractivity contribution in [3.63, 3.8) is 0 Å². The molecular weight excluding hydrogens is 300 g/mol. The van der Waals surface area contributed by atoms with E-state index < -0.39 is 0 Å². The Balaban J connectivity index is 1.56. The van der Waals surface area contributed by atoms with Crippen LogP contribution in [-0.2, 0) is 0 Å². The summed E-state index contributed by atoms with van der Waals surface area (Å²) in [5.74, 6) is 0. The highest BCUT2D eigenvalue weighted by molar-refractivity contribution is 5.99. The lowest BCUT2D eigenvalue weighted by atomic mass is 10.2. The normalized spacial score (nSPS) is 13.7. The first-order valence-corrected chi connectivity index (χ1v) is 8.32. The number of benzene rings is 2. The van der Waals surface area contributed by atoms with E-state index in [2.05, 4.69) is 27.7 Å². The fourth-order valence-corrected chi connectivity index (χ4v) is 2.87. The smallest absolute Gasteiger partial charge is 0.323 e. The molecular formula is C19H24N4O. The highest BCUT2D eigenvalue weighted by atomic mass is 16.2. The third kappa shape index (κ3) is 3.98. The van der Waals surface area contributed by atoms with Crippen molar-refractivity contribution in [2.45, 2.75) is 12.8 Å². The summed E-state index contributed by atoms with van der Waals surface area (Å²) in [4.78, 5) is 16.5. The summed E-state index contributed by atoms with van der Waals surface area (Å²) in [6, 6.07) is 15.5. The van der Waals surface area contributed by atoms with E-state index in [1.54, 1.807) is 0 Å². The number of anilines is 4. The Kier molecular flexibility index (Phi) is 4.89. The summed E-state index contributed by atoms with van der Waals surface area (Å²) in [6.45, 7) is 2.24. The second-order valence-corrected chi connectivity index (χ2v) is 6.26. The first kappa shape index (κ1) is 16.2. The molecule has 1 aliphatic heterocycles. The van der Waals surface area contributed by atoms with Gasteiger partial charge in [0.15, 0.2) is 0 Å². The van der Waals surface area contributed by atoms with Crippen LogP contribution in [0.2, 0.25) is 0 Å². The number of hydrogen-bond donors (Lipinski definition) is 2. The SMILES string of the molecule is CN(C)c1ccc(NC(=O)Nc2ccc(N3CCCC3)cc2)cc1. The van der Waals surface area contributed by atoms with Crippen LogP contribution in [0.1, 0.15) is 12.8 Å². The second-order valence-electron chi connectivity index (χ2n) is 6.26. The molecule has 1 saturated heterocycles. The Labute approximate surface area is 143 Å². The molecule has 1 aliphatic rings. The number of urea groups is 1. The predicted octanol–water partition coefficient (Wildman–Crippen LogP) is 4.00. The van der Waals surface area contributed by atoms with Gasteiger partial charge in [-0.25, -0.2) is 4.79 Å². The van der Waals surface area contributed by atoms with Gasteiger partial charge in [0.2, 0.25) is 0 Å². The van der Waals surface area contributed by atoms with Crippen molar-refractivity contribution in [3.8, 4) is 0 Å². The standard InChI is InChI=1S/C19H24N4O/c1-22(2)17-9-5-15(6-10-17)20-19(24)21-16-7-11-18(12-8-16)23-13-3-4-14-23/h5-12H,3-4,13-14H2,1-2H3,(H2,20,21,24). The van der Waals surface area contributed by atoms with Crippen LogP contribution in [0.3, 0.4) is 0 Å². The zero-order valence-electron chi connectivity index (χ0n) is 14.2. The van der Waals surface area contributed by atoms with E-state index in [1.807, 2.05) is 55.4 Å². The van der Waals surface area contributed by atoms with Crippen LogP contribution in [0.5, 0.6) is 0 Å². The van der Waals surface area contributed by atoms with Crippen LogP contribution in [0.4, 0.5) is 27.5 Å². The minimum atomic E-state index is -0.235. The maximum Gasteiger partial charge on any atom is 0.323 e. The quantitative estimate of drug-likeness (QED) is 0.894. The van der Waals surface area contributed by atoms with Crippen molar-refractivity contribution in [2.24, 2.45) is 0 Å². The van der Waals surface area contributed by atoms with E-state index in [-0.39, 0.29) is 6.03 Å². The lowest BCUT2D eigenvalue weighted by molar-refractivity contribution is 0.262. The molecule has 0 radical (unpaired) electrons. The molecule has 2 amide bonds. The molecule has 0 unspecified atom stereocenters. The highest BCUT2D eigenvalue weighted by Crippen LogP contribution is 2.22. The maximum absolute atomic E-state index is 12.1. The lowest BCUT2D eigenvalue weighted by Crippen LogP contribution is -2.20. The van der Waals surface area contributed by atoms with Crippen molar-refractivity contribution in [3.05, 3.63) is 48.5 Å². The summed E-state index contributed by atoms with van der Waals surface area (Å²) >= 11 is 0. The van der Waals surface area contributed by atoms with Gasteiger partial charge in [-0.05, 0) is 61.4 Å². The number of nitrogens with one attached hydrogen (secondary N) is 2. The zero-order chi connectivity index (χ0) is 16.9. The second kappa shape index (κ2) is 7.25. The molecule has 0 bridgehead atoms. The number of amides is 2. The Hall–Kier alpha value is -2.69. The molecule has 5 nitrogen and oxygen atoms in total. The molecule has 126 valence electrons. The van der Waals surface area contributed by atoms with Crippen LogP contribution in [0.15, 0.2) is 48.5 Å². The van der Waals surface area contributed by atoms with Crippen molar-refractivity contribution in [1.29, 1.82) is 0 Å². The summed E-state index contributed by atoms with van der Waals surface area (Å²) in [6.07, 6.45) is 2.52. The highest BCUT2D eigenvalue weighted by Gasteiger charge is 2.12. The Morgan fingerprint density at radius 3 is 1.88 bits per heavy atom. The van der Waals surface area contributed by atoms with Gasteiger partial charge in [-0.2, -0.15) is 0 Å². The first-order chi connectivity index (χ1) is 11.6. The topological polar surface area (TPSA) is 47.6 Å². The van der Waals surface area contributed by atoms with Crippen LogP contribution in [0, 0.1) is 0 Å². The molecule has 0 spiro atoms. The number of hydrogen-bond acceptors (Lipinski definition) is 3. The molecule has 1 fully saturated rings. The molecule has 0 aromatic heterocycles. The van der Waals surface area contributed by atoms with Crippen LogP contribution >= 0.6 is 0 Å². The molecule has 0 atom stereocenters. The molecule has 1 heterocycles. The molecule has 0 aliphatic carbocycles. The Morgan fingerprint density at radius 1 is 0.875 bits per heavy atom. The van der Waals surface area contributed by atoms with E-state index >= 15 is 0 Å². The van der Waals surface area contributed by atoms with Gasteiger partial charge in [-0.3, -0.25) is 0 Å². The number of carbonyl (C=O) groups excluding carboxylic acids is 1. The maximum atomic E-state index is 12.1. The van der Waals surface area contributed by atoms with Gasteiger partial charge in [0.1, 0.15) is 0 Å². The third-order valence-corrected chi connectivity index (χ3v) is 4.24. The van der Waals surface area contributed by atoms with Gasteiger partial charge in [-0.1, -0.05) is 0 Å². The summed E-state index contributed by atoms with van der Waals surface area (Å²) in [5.41, 5.74) is 3.88. The van der Waals surface area contributed by atoms with Crippen LogP contribution in [-0.4, -0.2) is 33.2 Å². The Morgan fingerprint density at radius 2 is 1.38 bits per heavy atom. The fraction of sp³-hybridized carbons (Fsp3) is 0.316. The fourth-order valence-electron chi connectivity index (χ4n) is 2.87. The van der Waals surface area contributed by atoms with Crippen molar-refractivity contribution in [1.82, 2.24) is 0 Å². The lowest BCUT2D eigenvalue weighted by Gasteiger charge is -2.18. The molecule has 2 aromatic rings. The predicted molar refractivity (Wildman–Crippen MR) is 101 cm³/mol. The van der Waals surface area contributed by atoms with Crippen LogP contribution in [0.25, 0.3) is 0 Å². The molecule has 0 saturated carbocycles. The molecule has 5 heteroatoms. The minimum absolute atomic E-state index is 0.235. The molecule has 3 rings (SSSR count). The van der Waals surface area contributed by atoms with E-state index in [0.29, 0.717) is 0 Å². The van der Waals surface area contributed by atoms with Crippen molar-refractivity contribution < 1.29 is 4.79 Å². The number of rotatable bonds is 4. The van der Waals surface area contributed by atoms with E-state index in [0.717, 1.165) is 30.2 Å². The van der Waals surface area contributed by atoms with E-state index in [4.69, 9.17) is 0 Å². The van der Waals surface area contributed by atoms with Gasteiger partial charge < -0.3 is 20.4 Å². The molecule has 24 heavy (non-hydrogen) atoms. The van der Waals surface area contributed by atoms with Crippen molar-refractivity contribution >= 4 is 28.8 Å². The van der Waals surface area contributed by atoms with Gasteiger partial charge in [0, 0.05) is 49.9 Å². The van der Waals surface area contributed by atoms with E-state index in [9.17, 15) is 4.79 Å². The van der Waals surface area contributed by atoms with Gasteiger partial charge in [-0.15, -0.1) is 0 Å². The number of nitrogens with zero attached hydrogens (tertiary/aromatic N) is 2. The minimum Gasteiger partial charge on any atom is -0.378 e. The third-order valence-electron chi connectivity index (χ3n) is 4.24.